The fourth-order valence-corrected chi connectivity index (χ4v) is 3.65. The van der Waals surface area contributed by atoms with Crippen molar-refractivity contribution < 1.29 is 9.53 Å². The van der Waals surface area contributed by atoms with E-state index in [9.17, 15) is 10.1 Å². The molecule has 7 nitrogen and oxygen atoms in total. The molecule has 8 heteroatoms. The van der Waals surface area contributed by atoms with E-state index in [1.54, 1.807) is 28.0 Å². The molecule has 3 rings (SSSR count). The van der Waals surface area contributed by atoms with E-state index in [-0.39, 0.29) is 11.7 Å². The van der Waals surface area contributed by atoms with Crippen LogP contribution in [-0.4, -0.2) is 51.0 Å². The SMILES string of the molecule is COc1ccccc1-c1nnc(SCC(=O)N(C)C(C)(C)C#N)n1-c1ccccc1. The average molecular weight is 422 g/mol. The van der Waals surface area contributed by atoms with Crippen molar-refractivity contribution in [3.05, 3.63) is 54.6 Å². The largest absolute Gasteiger partial charge is 0.496 e. The van der Waals surface area contributed by atoms with Crippen LogP contribution in [0.5, 0.6) is 5.75 Å². The summed E-state index contributed by atoms with van der Waals surface area (Å²) in [6.45, 7) is 3.42. The molecule has 0 saturated heterocycles. The predicted octanol–water partition coefficient (Wildman–Crippen LogP) is 3.80. The number of para-hydroxylation sites is 2. The molecule has 0 unspecified atom stereocenters. The Labute approximate surface area is 180 Å². The summed E-state index contributed by atoms with van der Waals surface area (Å²) in [5, 5.41) is 18.6. The monoisotopic (exact) mass is 421 g/mol. The zero-order chi connectivity index (χ0) is 21.7. The van der Waals surface area contributed by atoms with Crippen molar-refractivity contribution in [2.45, 2.75) is 24.5 Å². The number of hydrogen-bond acceptors (Lipinski definition) is 6. The van der Waals surface area contributed by atoms with E-state index in [2.05, 4.69) is 16.3 Å². The summed E-state index contributed by atoms with van der Waals surface area (Å²) in [7, 11) is 3.25. The molecule has 0 radical (unpaired) electrons. The van der Waals surface area contributed by atoms with Crippen LogP contribution in [0.2, 0.25) is 0 Å². The van der Waals surface area contributed by atoms with Gasteiger partial charge in [0.05, 0.1) is 24.5 Å². The fraction of sp³-hybridized carbons (Fsp3) is 0.273. The van der Waals surface area contributed by atoms with Crippen LogP contribution in [0.4, 0.5) is 0 Å². The van der Waals surface area contributed by atoms with Crippen LogP contribution in [-0.2, 0) is 4.79 Å². The lowest BCUT2D eigenvalue weighted by Gasteiger charge is -2.28. The Bertz CT molecular complexity index is 1070. The van der Waals surface area contributed by atoms with Gasteiger partial charge in [-0.1, -0.05) is 42.1 Å². The molecule has 1 heterocycles. The Hall–Kier alpha value is -3.31. The lowest BCUT2D eigenvalue weighted by molar-refractivity contribution is -0.130. The lowest BCUT2D eigenvalue weighted by atomic mass is 10.1. The molecular weight excluding hydrogens is 398 g/mol. The third-order valence-electron chi connectivity index (χ3n) is 4.81. The number of hydrogen-bond donors (Lipinski definition) is 0. The van der Waals surface area contributed by atoms with Crippen LogP contribution in [0.3, 0.4) is 0 Å². The fourth-order valence-electron chi connectivity index (χ4n) is 2.79. The number of amides is 1. The maximum atomic E-state index is 12.6. The molecule has 0 bridgehead atoms. The van der Waals surface area contributed by atoms with Crippen molar-refractivity contribution in [1.29, 1.82) is 5.26 Å². The van der Waals surface area contributed by atoms with Crippen molar-refractivity contribution in [2.24, 2.45) is 0 Å². The van der Waals surface area contributed by atoms with Crippen LogP contribution in [0.1, 0.15) is 13.8 Å². The second-order valence-electron chi connectivity index (χ2n) is 7.09. The normalized spacial score (nSPS) is 11.0. The number of aromatic nitrogens is 3. The number of rotatable bonds is 7. The summed E-state index contributed by atoms with van der Waals surface area (Å²) in [5.74, 6) is 1.29. The first-order valence-corrected chi connectivity index (χ1v) is 10.3. The number of nitrogens with zero attached hydrogens (tertiary/aromatic N) is 5. The van der Waals surface area contributed by atoms with Gasteiger partial charge in [-0.15, -0.1) is 10.2 Å². The van der Waals surface area contributed by atoms with Gasteiger partial charge in [-0.3, -0.25) is 9.36 Å². The summed E-state index contributed by atoms with van der Waals surface area (Å²) < 4.78 is 7.41. The van der Waals surface area contributed by atoms with Crippen molar-refractivity contribution in [2.75, 3.05) is 19.9 Å². The van der Waals surface area contributed by atoms with Gasteiger partial charge in [-0.2, -0.15) is 5.26 Å². The standard InChI is InChI=1S/C22H23N5O2S/c1-22(2,15-23)26(3)19(28)14-30-21-25-24-20(17-12-8-9-13-18(17)29-4)27(21)16-10-6-5-7-11-16/h5-13H,14H2,1-4H3. The zero-order valence-corrected chi connectivity index (χ0v) is 18.2. The molecule has 0 aliphatic heterocycles. The van der Waals surface area contributed by atoms with E-state index in [0.717, 1.165) is 11.3 Å². The van der Waals surface area contributed by atoms with Crippen molar-refractivity contribution >= 4 is 17.7 Å². The topological polar surface area (TPSA) is 84.0 Å². The van der Waals surface area contributed by atoms with Gasteiger partial charge in [-0.05, 0) is 38.1 Å². The molecule has 1 aromatic heterocycles. The van der Waals surface area contributed by atoms with E-state index >= 15 is 0 Å². The average Bonchev–Trinajstić information content (AvgIpc) is 3.21. The van der Waals surface area contributed by atoms with Gasteiger partial charge in [0.2, 0.25) is 5.91 Å². The first-order chi connectivity index (χ1) is 14.4. The van der Waals surface area contributed by atoms with Crippen molar-refractivity contribution in [3.63, 3.8) is 0 Å². The third kappa shape index (κ3) is 4.31. The molecule has 0 saturated carbocycles. The second kappa shape index (κ2) is 9.01. The Morgan fingerprint density at radius 2 is 1.83 bits per heavy atom. The summed E-state index contributed by atoms with van der Waals surface area (Å²) in [5.41, 5.74) is 0.800. The Balaban J connectivity index is 1.98. The number of carbonyl (C=O) groups is 1. The Kier molecular flexibility index (Phi) is 6.43. The number of carbonyl (C=O) groups excluding carboxylic acids is 1. The molecule has 30 heavy (non-hydrogen) atoms. The quantitative estimate of drug-likeness (QED) is 0.540. The maximum absolute atomic E-state index is 12.6. The first kappa shape index (κ1) is 21.4. The number of ether oxygens (including phenoxy) is 1. The summed E-state index contributed by atoms with van der Waals surface area (Å²) in [6.07, 6.45) is 0. The van der Waals surface area contributed by atoms with Crippen LogP contribution in [0.15, 0.2) is 59.8 Å². The Morgan fingerprint density at radius 3 is 2.50 bits per heavy atom. The summed E-state index contributed by atoms with van der Waals surface area (Å²) >= 11 is 1.28. The van der Waals surface area contributed by atoms with Crippen LogP contribution >= 0.6 is 11.8 Å². The van der Waals surface area contributed by atoms with Gasteiger partial charge in [0, 0.05) is 12.7 Å². The number of thioether (sulfide) groups is 1. The summed E-state index contributed by atoms with van der Waals surface area (Å²) in [6, 6.07) is 19.5. The van der Waals surface area contributed by atoms with Gasteiger partial charge in [0.15, 0.2) is 11.0 Å². The zero-order valence-electron chi connectivity index (χ0n) is 17.4. The molecule has 2 aromatic carbocycles. The molecule has 0 atom stereocenters. The van der Waals surface area contributed by atoms with Gasteiger partial charge in [0.25, 0.3) is 0 Å². The van der Waals surface area contributed by atoms with Crippen molar-refractivity contribution in [1.82, 2.24) is 19.7 Å². The molecule has 154 valence electrons. The molecule has 0 fully saturated rings. The van der Waals surface area contributed by atoms with Gasteiger partial charge < -0.3 is 9.64 Å². The lowest BCUT2D eigenvalue weighted by Crippen LogP contribution is -2.44. The van der Waals surface area contributed by atoms with Gasteiger partial charge in [0.1, 0.15) is 11.3 Å². The van der Waals surface area contributed by atoms with E-state index in [1.807, 2.05) is 59.2 Å². The van der Waals surface area contributed by atoms with E-state index in [0.29, 0.717) is 16.7 Å². The minimum atomic E-state index is -0.882. The smallest absolute Gasteiger partial charge is 0.234 e. The van der Waals surface area contributed by atoms with E-state index in [4.69, 9.17) is 4.74 Å². The molecular formula is C22H23N5O2S. The van der Waals surface area contributed by atoms with E-state index in [1.165, 1.54) is 16.7 Å². The third-order valence-corrected chi connectivity index (χ3v) is 5.72. The number of methoxy groups -OCH3 is 1. The molecule has 0 aliphatic rings. The minimum Gasteiger partial charge on any atom is -0.496 e. The van der Waals surface area contributed by atoms with Crippen LogP contribution in [0, 0.1) is 11.3 Å². The van der Waals surface area contributed by atoms with E-state index < -0.39 is 5.54 Å². The molecule has 1 amide bonds. The second-order valence-corrected chi connectivity index (χ2v) is 8.03. The summed E-state index contributed by atoms with van der Waals surface area (Å²) in [4.78, 5) is 14.1. The number of nitriles is 1. The highest BCUT2D eigenvalue weighted by Crippen LogP contribution is 2.33. The molecule has 3 aromatic rings. The molecule has 0 aliphatic carbocycles. The molecule has 0 spiro atoms. The van der Waals surface area contributed by atoms with Gasteiger partial charge >= 0.3 is 0 Å². The van der Waals surface area contributed by atoms with Crippen LogP contribution in [0.25, 0.3) is 17.1 Å². The predicted molar refractivity (Wildman–Crippen MR) is 117 cm³/mol. The minimum absolute atomic E-state index is 0.137. The highest BCUT2D eigenvalue weighted by Gasteiger charge is 2.28. The van der Waals surface area contributed by atoms with Gasteiger partial charge in [-0.25, -0.2) is 0 Å². The Morgan fingerprint density at radius 1 is 1.17 bits per heavy atom. The highest BCUT2D eigenvalue weighted by molar-refractivity contribution is 7.99. The van der Waals surface area contributed by atoms with Crippen LogP contribution < -0.4 is 4.74 Å². The number of benzene rings is 2. The first-order valence-electron chi connectivity index (χ1n) is 9.34. The maximum Gasteiger partial charge on any atom is 0.234 e. The molecule has 0 N–H and O–H groups in total. The van der Waals surface area contributed by atoms with Crippen molar-refractivity contribution in [3.8, 4) is 28.9 Å². The highest BCUT2D eigenvalue weighted by atomic mass is 32.2.